The molecule has 0 saturated heterocycles. The molecular formula is C15H13F3O2. The third kappa shape index (κ3) is 2.76. The summed E-state index contributed by atoms with van der Waals surface area (Å²) in [5.74, 6) is -1.46. The highest BCUT2D eigenvalue weighted by Gasteiger charge is 2.54. The average Bonchev–Trinajstić information content (AvgIpc) is 2.38. The Hall–Kier alpha value is -2.04. The molecule has 1 unspecified atom stereocenters. The van der Waals surface area contributed by atoms with Crippen LogP contribution in [0.1, 0.15) is 18.4 Å². The molecule has 0 amide bonds. The third-order valence-corrected chi connectivity index (χ3v) is 3.41. The zero-order chi connectivity index (χ0) is 14.8. The number of carboxylic acids is 1. The van der Waals surface area contributed by atoms with Crippen molar-refractivity contribution in [2.75, 3.05) is 0 Å². The normalized spacial score (nSPS) is 22.4. The summed E-state index contributed by atoms with van der Waals surface area (Å²) in [4.78, 5) is 10.7. The Kier molecular flexibility index (Phi) is 3.70. The fourth-order valence-electron chi connectivity index (χ4n) is 2.23. The summed E-state index contributed by atoms with van der Waals surface area (Å²) in [5.41, 5.74) is -0.817. The van der Waals surface area contributed by atoms with Crippen LogP contribution in [0.2, 0.25) is 0 Å². The van der Waals surface area contributed by atoms with E-state index in [0.29, 0.717) is 5.57 Å². The van der Waals surface area contributed by atoms with E-state index in [-0.39, 0.29) is 6.42 Å². The van der Waals surface area contributed by atoms with E-state index < -0.39 is 24.0 Å². The molecule has 1 atom stereocenters. The van der Waals surface area contributed by atoms with Crippen molar-refractivity contribution >= 4 is 11.5 Å². The summed E-state index contributed by atoms with van der Waals surface area (Å²) in [7, 11) is 0. The molecule has 0 fully saturated rings. The van der Waals surface area contributed by atoms with Gasteiger partial charge in [-0.2, -0.15) is 13.2 Å². The predicted molar refractivity (Wildman–Crippen MR) is 68.9 cm³/mol. The molecule has 0 spiro atoms. The summed E-state index contributed by atoms with van der Waals surface area (Å²) >= 11 is 0. The maximum absolute atomic E-state index is 13.1. The highest BCUT2D eigenvalue weighted by atomic mass is 19.4. The topological polar surface area (TPSA) is 37.3 Å². The quantitative estimate of drug-likeness (QED) is 0.908. The van der Waals surface area contributed by atoms with Crippen LogP contribution in [0.25, 0.3) is 5.57 Å². The first-order valence-electron chi connectivity index (χ1n) is 6.07. The summed E-state index contributed by atoms with van der Waals surface area (Å²) in [5, 5.41) is 8.72. The first-order chi connectivity index (χ1) is 9.34. The van der Waals surface area contributed by atoms with E-state index in [1.807, 2.05) is 6.07 Å². The number of carbonyl (C=O) groups is 1. The lowest BCUT2D eigenvalue weighted by molar-refractivity contribution is -0.210. The molecule has 0 aliphatic heterocycles. The lowest BCUT2D eigenvalue weighted by atomic mass is 9.76. The standard InChI is InChI=1S/C15H13F3O2/c16-15(17,18)14(10-13(19)20)8-6-12(7-9-14)11-4-2-1-3-5-11/h1-8H,9-10H2,(H,19,20). The van der Waals surface area contributed by atoms with Crippen molar-refractivity contribution < 1.29 is 23.1 Å². The van der Waals surface area contributed by atoms with E-state index in [9.17, 15) is 18.0 Å². The number of hydrogen-bond donors (Lipinski definition) is 1. The number of aliphatic carboxylic acids is 1. The third-order valence-electron chi connectivity index (χ3n) is 3.41. The van der Waals surface area contributed by atoms with E-state index in [1.54, 1.807) is 24.3 Å². The fourth-order valence-corrected chi connectivity index (χ4v) is 2.23. The lowest BCUT2D eigenvalue weighted by Gasteiger charge is -2.33. The van der Waals surface area contributed by atoms with Crippen molar-refractivity contribution in [3.05, 3.63) is 54.1 Å². The highest BCUT2D eigenvalue weighted by molar-refractivity contribution is 5.76. The van der Waals surface area contributed by atoms with E-state index in [2.05, 4.69) is 0 Å². The van der Waals surface area contributed by atoms with Gasteiger partial charge in [0.05, 0.1) is 11.8 Å². The molecule has 2 rings (SSSR count). The number of benzene rings is 1. The number of rotatable bonds is 3. The van der Waals surface area contributed by atoms with Gasteiger partial charge in [-0.3, -0.25) is 4.79 Å². The molecule has 1 aliphatic rings. The van der Waals surface area contributed by atoms with Gasteiger partial charge in [-0.1, -0.05) is 48.6 Å². The minimum Gasteiger partial charge on any atom is -0.481 e. The molecule has 0 heterocycles. The Labute approximate surface area is 114 Å². The van der Waals surface area contributed by atoms with Crippen LogP contribution in [-0.2, 0) is 4.79 Å². The molecule has 1 aromatic rings. The maximum Gasteiger partial charge on any atom is 0.398 e. The van der Waals surface area contributed by atoms with E-state index in [0.717, 1.165) is 11.6 Å². The van der Waals surface area contributed by atoms with Gasteiger partial charge in [0.2, 0.25) is 0 Å². The zero-order valence-electron chi connectivity index (χ0n) is 10.5. The van der Waals surface area contributed by atoms with Gasteiger partial charge in [-0.05, 0) is 17.6 Å². The number of alkyl halides is 3. The number of carboxylic acid groups (broad SMARTS) is 1. The second kappa shape index (κ2) is 5.15. The molecule has 1 N–H and O–H groups in total. The van der Waals surface area contributed by atoms with Crippen molar-refractivity contribution in [2.45, 2.75) is 19.0 Å². The molecule has 0 radical (unpaired) electrons. The molecule has 1 aromatic carbocycles. The van der Waals surface area contributed by atoms with Gasteiger partial charge in [0.1, 0.15) is 0 Å². The first-order valence-corrected chi connectivity index (χ1v) is 6.07. The Balaban J connectivity index is 2.29. The Morgan fingerprint density at radius 2 is 1.90 bits per heavy atom. The Morgan fingerprint density at radius 3 is 2.35 bits per heavy atom. The molecule has 0 bridgehead atoms. The summed E-state index contributed by atoms with van der Waals surface area (Å²) in [6.45, 7) is 0. The minimum absolute atomic E-state index is 0.358. The van der Waals surface area contributed by atoms with Gasteiger partial charge < -0.3 is 5.11 Å². The predicted octanol–water partition coefficient (Wildman–Crippen LogP) is 4.05. The van der Waals surface area contributed by atoms with E-state index >= 15 is 0 Å². The second-order valence-corrected chi connectivity index (χ2v) is 4.79. The van der Waals surface area contributed by atoms with Crippen molar-refractivity contribution in [1.82, 2.24) is 0 Å². The van der Waals surface area contributed by atoms with E-state index in [1.165, 1.54) is 12.2 Å². The first kappa shape index (κ1) is 14.4. The van der Waals surface area contributed by atoms with Crippen LogP contribution in [0.3, 0.4) is 0 Å². The molecule has 0 saturated carbocycles. The largest absolute Gasteiger partial charge is 0.481 e. The van der Waals surface area contributed by atoms with Crippen LogP contribution < -0.4 is 0 Å². The van der Waals surface area contributed by atoms with Crippen LogP contribution in [0.5, 0.6) is 0 Å². The van der Waals surface area contributed by atoms with Gasteiger partial charge in [-0.25, -0.2) is 0 Å². The molecule has 2 nitrogen and oxygen atoms in total. The Morgan fingerprint density at radius 1 is 1.25 bits per heavy atom. The smallest absolute Gasteiger partial charge is 0.398 e. The molecule has 0 aromatic heterocycles. The molecular weight excluding hydrogens is 269 g/mol. The van der Waals surface area contributed by atoms with Crippen molar-refractivity contribution in [2.24, 2.45) is 5.41 Å². The number of hydrogen-bond acceptors (Lipinski definition) is 1. The lowest BCUT2D eigenvalue weighted by Crippen LogP contribution is -2.38. The maximum atomic E-state index is 13.1. The van der Waals surface area contributed by atoms with Crippen molar-refractivity contribution in [3.63, 3.8) is 0 Å². The van der Waals surface area contributed by atoms with Gasteiger partial charge in [0, 0.05) is 0 Å². The van der Waals surface area contributed by atoms with Crippen molar-refractivity contribution in [1.29, 1.82) is 0 Å². The molecule has 5 heteroatoms. The molecule has 20 heavy (non-hydrogen) atoms. The second-order valence-electron chi connectivity index (χ2n) is 4.79. The van der Waals surface area contributed by atoms with Gasteiger partial charge in [0.25, 0.3) is 0 Å². The SMILES string of the molecule is O=C(O)CC1(C(F)(F)F)C=CC(c2ccccc2)=CC1. The van der Waals surface area contributed by atoms with Gasteiger partial charge in [0.15, 0.2) is 0 Å². The number of halogens is 3. The summed E-state index contributed by atoms with van der Waals surface area (Å²) < 4.78 is 39.4. The van der Waals surface area contributed by atoms with E-state index in [4.69, 9.17) is 5.11 Å². The summed E-state index contributed by atoms with van der Waals surface area (Å²) in [6, 6.07) is 9.02. The fraction of sp³-hybridized carbons (Fsp3) is 0.267. The van der Waals surface area contributed by atoms with Gasteiger partial charge in [-0.15, -0.1) is 0 Å². The van der Waals surface area contributed by atoms with Crippen LogP contribution in [0.4, 0.5) is 13.2 Å². The average molecular weight is 282 g/mol. The Bertz CT molecular complexity index is 558. The zero-order valence-corrected chi connectivity index (χ0v) is 10.5. The number of allylic oxidation sites excluding steroid dienone is 4. The van der Waals surface area contributed by atoms with Crippen LogP contribution in [0, 0.1) is 5.41 Å². The van der Waals surface area contributed by atoms with Crippen LogP contribution >= 0.6 is 0 Å². The minimum atomic E-state index is -4.58. The monoisotopic (exact) mass is 282 g/mol. The summed E-state index contributed by atoms with van der Waals surface area (Å²) in [6.07, 6.45) is -2.11. The van der Waals surface area contributed by atoms with Gasteiger partial charge >= 0.3 is 12.1 Å². The van der Waals surface area contributed by atoms with Crippen molar-refractivity contribution in [3.8, 4) is 0 Å². The molecule has 1 aliphatic carbocycles. The van der Waals surface area contributed by atoms with Crippen LogP contribution in [-0.4, -0.2) is 17.3 Å². The highest BCUT2D eigenvalue weighted by Crippen LogP contribution is 2.48. The van der Waals surface area contributed by atoms with Crippen LogP contribution in [0.15, 0.2) is 48.6 Å². The molecule has 106 valence electrons.